The van der Waals surface area contributed by atoms with Crippen molar-refractivity contribution in [1.82, 2.24) is 15.1 Å². The van der Waals surface area contributed by atoms with E-state index < -0.39 is 11.7 Å². The minimum absolute atomic E-state index is 0.00321. The number of nitrogens with one attached hydrogen (secondary N) is 1. The average molecular weight is 394 g/mol. The Hall–Kier alpha value is -2.35. The highest BCUT2D eigenvalue weighted by Gasteiger charge is 2.34. The summed E-state index contributed by atoms with van der Waals surface area (Å²) in [7, 11) is 0. The standard InChI is InChI=1S/C20H25F3N4O/c1-12-8-13(2)27(26-12)16-7-6-15(17(10-16)20(21,22)23)11-25-19(28)9-14-4-3-5-18(14)24/h6-8,10,14,18H,3-5,9,11,24H2,1-2H3,(H,25,28)/t14-,18+/m0/s1. The van der Waals surface area contributed by atoms with Gasteiger partial charge in [-0.15, -0.1) is 0 Å². The molecule has 1 aromatic carbocycles. The minimum atomic E-state index is -4.53. The summed E-state index contributed by atoms with van der Waals surface area (Å²) in [6, 6.07) is 5.86. The van der Waals surface area contributed by atoms with Crippen LogP contribution in [0.5, 0.6) is 0 Å². The van der Waals surface area contributed by atoms with Crippen molar-refractivity contribution in [3.05, 3.63) is 46.8 Å². The molecule has 1 aliphatic rings. The molecule has 1 amide bonds. The highest BCUT2D eigenvalue weighted by atomic mass is 19.4. The van der Waals surface area contributed by atoms with E-state index in [2.05, 4.69) is 10.4 Å². The second kappa shape index (κ2) is 7.95. The van der Waals surface area contributed by atoms with E-state index in [9.17, 15) is 18.0 Å². The van der Waals surface area contributed by atoms with Crippen LogP contribution in [0.3, 0.4) is 0 Å². The third kappa shape index (κ3) is 4.55. The molecule has 152 valence electrons. The smallest absolute Gasteiger partial charge is 0.352 e. The lowest BCUT2D eigenvalue weighted by Crippen LogP contribution is -2.31. The predicted molar refractivity (Wildman–Crippen MR) is 99.8 cm³/mol. The Morgan fingerprint density at radius 1 is 1.29 bits per heavy atom. The van der Waals surface area contributed by atoms with Gasteiger partial charge in [-0.25, -0.2) is 4.68 Å². The lowest BCUT2D eigenvalue weighted by atomic mass is 9.99. The van der Waals surface area contributed by atoms with Crippen molar-refractivity contribution in [3.63, 3.8) is 0 Å². The van der Waals surface area contributed by atoms with Gasteiger partial charge in [0.2, 0.25) is 5.91 Å². The third-order valence-electron chi connectivity index (χ3n) is 5.29. The van der Waals surface area contributed by atoms with Gasteiger partial charge in [-0.05, 0) is 56.4 Å². The summed E-state index contributed by atoms with van der Waals surface area (Å²) in [5.74, 6) is -0.159. The fraction of sp³-hybridized carbons (Fsp3) is 0.500. The highest BCUT2D eigenvalue weighted by Crippen LogP contribution is 2.34. The molecule has 0 aliphatic heterocycles. The van der Waals surface area contributed by atoms with Crippen molar-refractivity contribution < 1.29 is 18.0 Å². The topological polar surface area (TPSA) is 72.9 Å². The number of amides is 1. The number of carbonyl (C=O) groups excluding carboxylic acids is 1. The predicted octanol–water partition coefficient (Wildman–Crippen LogP) is 3.64. The van der Waals surface area contributed by atoms with Gasteiger partial charge in [0.1, 0.15) is 0 Å². The number of nitrogens with two attached hydrogens (primary N) is 1. The maximum Gasteiger partial charge on any atom is 0.416 e. The molecule has 1 saturated carbocycles. The minimum Gasteiger partial charge on any atom is -0.352 e. The first-order valence-corrected chi connectivity index (χ1v) is 9.41. The quantitative estimate of drug-likeness (QED) is 0.813. The van der Waals surface area contributed by atoms with Crippen LogP contribution >= 0.6 is 0 Å². The van der Waals surface area contributed by atoms with Crippen molar-refractivity contribution in [1.29, 1.82) is 0 Å². The highest BCUT2D eigenvalue weighted by molar-refractivity contribution is 5.76. The number of hydrogen-bond donors (Lipinski definition) is 2. The van der Waals surface area contributed by atoms with Crippen LogP contribution in [-0.2, 0) is 17.5 Å². The van der Waals surface area contributed by atoms with E-state index in [1.165, 1.54) is 10.7 Å². The Morgan fingerprint density at radius 2 is 2.04 bits per heavy atom. The van der Waals surface area contributed by atoms with Crippen molar-refractivity contribution >= 4 is 5.91 Å². The fourth-order valence-corrected chi connectivity index (χ4v) is 3.83. The Bertz CT molecular complexity index is 860. The van der Waals surface area contributed by atoms with Crippen molar-refractivity contribution in [2.75, 3.05) is 0 Å². The Morgan fingerprint density at radius 3 is 2.61 bits per heavy atom. The zero-order valence-corrected chi connectivity index (χ0v) is 16.0. The molecule has 2 atom stereocenters. The average Bonchev–Trinajstić information content (AvgIpc) is 3.17. The number of hydrogen-bond acceptors (Lipinski definition) is 3. The van der Waals surface area contributed by atoms with Gasteiger partial charge < -0.3 is 11.1 Å². The molecule has 1 heterocycles. The van der Waals surface area contributed by atoms with Gasteiger partial charge in [0.15, 0.2) is 0 Å². The number of aryl methyl sites for hydroxylation is 2. The molecular weight excluding hydrogens is 369 g/mol. The zero-order valence-electron chi connectivity index (χ0n) is 16.0. The molecule has 0 radical (unpaired) electrons. The summed E-state index contributed by atoms with van der Waals surface area (Å²) >= 11 is 0. The van der Waals surface area contributed by atoms with Gasteiger partial charge in [0, 0.05) is 24.7 Å². The molecule has 0 spiro atoms. The van der Waals surface area contributed by atoms with Crippen molar-refractivity contribution in [3.8, 4) is 5.69 Å². The molecule has 28 heavy (non-hydrogen) atoms. The number of alkyl halides is 3. The van der Waals surface area contributed by atoms with Crippen LogP contribution in [0.15, 0.2) is 24.3 Å². The summed E-state index contributed by atoms with van der Waals surface area (Å²) in [6.07, 6.45) is -1.50. The summed E-state index contributed by atoms with van der Waals surface area (Å²) in [5, 5.41) is 6.86. The van der Waals surface area contributed by atoms with Crippen LogP contribution in [0.2, 0.25) is 0 Å². The van der Waals surface area contributed by atoms with Gasteiger partial charge in [0.05, 0.1) is 16.9 Å². The van der Waals surface area contributed by atoms with Gasteiger partial charge in [-0.2, -0.15) is 18.3 Å². The molecule has 1 aromatic heterocycles. The molecule has 3 rings (SSSR count). The SMILES string of the molecule is Cc1cc(C)n(-c2ccc(CNC(=O)C[C@@H]3CCC[C@H]3N)c(C(F)(F)F)c2)n1. The molecule has 1 fully saturated rings. The van der Waals surface area contributed by atoms with Crippen molar-refractivity contribution in [2.45, 2.75) is 58.3 Å². The maximum absolute atomic E-state index is 13.6. The number of nitrogens with zero attached hydrogens (tertiary/aromatic N) is 2. The number of halogens is 3. The maximum atomic E-state index is 13.6. The normalized spacial score (nSPS) is 19.8. The molecule has 5 nitrogen and oxygen atoms in total. The van der Waals surface area contributed by atoms with E-state index in [0.29, 0.717) is 5.69 Å². The molecule has 3 N–H and O–H groups in total. The van der Waals surface area contributed by atoms with E-state index >= 15 is 0 Å². The van der Waals surface area contributed by atoms with E-state index in [1.54, 1.807) is 26.0 Å². The van der Waals surface area contributed by atoms with E-state index in [0.717, 1.165) is 36.7 Å². The monoisotopic (exact) mass is 394 g/mol. The molecule has 8 heteroatoms. The number of aromatic nitrogens is 2. The summed E-state index contributed by atoms with van der Waals surface area (Å²) in [5.41, 5.74) is 7.04. The third-order valence-corrected chi connectivity index (χ3v) is 5.29. The first-order valence-electron chi connectivity index (χ1n) is 9.41. The second-order valence-corrected chi connectivity index (χ2v) is 7.51. The number of rotatable bonds is 5. The summed E-state index contributed by atoms with van der Waals surface area (Å²) in [6.45, 7) is 3.40. The van der Waals surface area contributed by atoms with E-state index in [-0.39, 0.29) is 36.4 Å². The van der Waals surface area contributed by atoms with Crippen LogP contribution < -0.4 is 11.1 Å². The lowest BCUT2D eigenvalue weighted by Gasteiger charge is -2.17. The van der Waals surface area contributed by atoms with Gasteiger partial charge >= 0.3 is 6.18 Å². The van der Waals surface area contributed by atoms with Gasteiger partial charge in [-0.3, -0.25) is 4.79 Å². The first-order chi connectivity index (χ1) is 13.1. The largest absolute Gasteiger partial charge is 0.416 e. The molecular formula is C20H25F3N4O. The fourth-order valence-electron chi connectivity index (χ4n) is 3.83. The lowest BCUT2D eigenvalue weighted by molar-refractivity contribution is -0.138. The molecule has 2 aromatic rings. The zero-order chi connectivity index (χ0) is 20.5. The number of carbonyl (C=O) groups is 1. The van der Waals surface area contributed by atoms with Crippen molar-refractivity contribution in [2.24, 2.45) is 11.7 Å². The molecule has 0 saturated heterocycles. The van der Waals surface area contributed by atoms with Gasteiger partial charge in [0.25, 0.3) is 0 Å². The second-order valence-electron chi connectivity index (χ2n) is 7.51. The molecule has 0 bridgehead atoms. The van der Waals surface area contributed by atoms with Crippen LogP contribution in [0.4, 0.5) is 13.2 Å². The van der Waals surface area contributed by atoms with Crippen LogP contribution in [-0.4, -0.2) is 21.7 Å². The van der Waals surface area contributed by atoms with Crippen LogP contribution in [0.25, 0.3) is 5.69 Å². The Balaban J connectivity index is 1.77. The number of benzene rings is 1. The Kier molecular flexibility index (Phi) is 5.79. The van der Waals surface area contributed by atoms with Gasteiger partial charge in [-0.1, -0.05) is 12.5 Å². The summed E-state index contributed by atoms with van der Waals surface area (Å²) in [4.78, 5) is 12.2. The summed E-state index contributed by atoms with van der Waals surface area (Å²) < 4.78 is 42.3. The molecule has 0 unspecified atom stereocenters. The molecule has 1 aliphatic carbocycles. The Labute approximate surface area is 162 Å². The first kappa shape index (κ1) is 20.4. The van der Waals surface area contributed by atoms with Crippen LogP contribution in [0, 0.1) is 19.8 Å². The van der Waals surface area contributed by atoms with E-state index in [1.807, 2.05) is 0 Å². The van der Waals surface area contributed by atoms with E-state index in [4.69, 9.17) is 5.73 Å². The van der Waals surface area contributed by atoms with Crippen LogP contribution in [0.1, 0.15) is 48.2 Å².